The predicted octanol–water partition coefficient (Wildman–Crippen LogP) is 0.299. The lowest BCUT2D eigenvalue weighted by atomic mass is 9.60. The molecule has 0 radical (unpaired) electrons. The standard InChI is InChI=1S/C8H10O2/c9-8-2-7(3-8)1-4(8)5-6(7)10-5/h4-6,9H,1-3H2. The summed E-state index contributed by atoms with van der Waals surface area (Å²) in [7, 11) is 0. The van der Waals surface area contributed by atoms with Crippen molar-refractivity contribution in [3.05, 3.63) is 0 Å². The second-order valence-electron chi connectivity index (χ2n) is 4.65. The van der Waals surface area contributed by atoms with Gasteiger partial charge < -0.3 is 9.84 Å². The number of rotatable bonds is 0. The van der Waals surface area contributed by atoms with Crippen LogP contribution in [-0.2, 0) is 4.74 Å². The third kappa shape index (κ3) is 0.250. The highest BCUT2D eigenvalue weighted by atomic mass is 16.6. The van der Waals surface area contributed by atoms with E-state index in [0.29, 0.717) is 23.5 Å². The molecule has 0 amide bonds. The summed E-state index contributed by atoms with van der Waals surface area (Å²) in [6.07, 6.45) is 4.41. The molecule has 5 aliphatic rings. The maximum Gasteiger partial charge on any atom is 0.0904 e. The fourth-order valence-corrected chi connectivity index (χ4v) is 3.86. The van der Waals surface area contributed by atoms with E-state index in [1.807, 2.05) is 0 Å². The minimum Gasteiger partial charge on any atom is -0.389 e. The van der Waals surface area contributed by atoms with Gasteiger partial charge in [-0.05, 0) is 19.3 Å². The Bertz CT molecular complexity index is 224. The molecule has 5 fully saturated rings. The summed E-state index contributed by atoms with van der Waals surface area (Å²) in [6, 6.07) is 0. The first-order valence-electron chi connectivity index (χ1n) is 4.12. The van der Waals surface area contributed by atoms with Crippen molar-refractivity contribution >= 4 is 0 Å². The largest absolute Gasteiger partial charge is 0.389 e. The van der Waals surface area contributed by atoms with Crippen LogP contribution in [0.4, 0.5) is 0 Å². The van der Waals surface area contributed by atoms with Crippen LogP contribution in [0.1, 0.15) is 19.3 Å². The topological polar surface area (TPSA) is 32.8 Å². The third-order valence-electron chi connectivity index (χ3n) is 4.16. The highest BCUT2D eigenvalue weighted by Crippen LogP contribution is 2.78. The quantitative estimate of drug-likeness (QED) is 0.488. The molecule has 1 saturated heterocycles. The van der Waals surface area contributed by atoms with Gasteiger partial charge in [0, 0.05) is 11.3 Å². The summed E-state index contributed by atoms with van der Waals surface area (Å²) in [5, 5.41) is 9.86. The molecule has 10 heavy (non-hydrogen) atoms. The van der Waals surface area contributed by atoms with Gasteiger partial charge in [-0.15, -0.1) is 0 Å². The van der Waals surface area contributed by atoms with Crippen LogP contribution in [0.3, 0.4) is 0 Å². The maximum absolute atomic E-state index is 9.86. The number of hydrogen-bond acceptors (Lipinski definition) is 2. The normalized spacial score (nSPS) is 80.7. The van der Waals surface area contributed by atoms with Gasteiger partial charge in [0.15, 0.2) is 0 Å². The zero-order valence-electron chi connectivity index (χ0n) is 5.71. The van der Waals surface area contributed by atoms with E-state index in [4.69, 9.17) is 4.74 Å². The van der Waals surface area contributed by atoms with Gasteiger partial charge >= 0.3 is 0 Å². The predicted molar refractivity (Wildman–Crippen MR) is 33.4 cm³/mol. The lowest BCUT2D eigenvalue weighted by Crippen LogP contribution is -2.52. The summed E-state index contributed by atoms with van der Waals surface area (Å²) in [5.74, 6) is 0.525. The monoisotopic (exact) mass is 138 g/mol. The van der Waals surface area contributed by atoms with Crippen molar-refractivity contribution in [3.8, 4) is 0 Å². The average molecular weight is 138 g/mol. The summed E-state index contributed by atoms with van der Waals surface area (Å²) in [4.78, 5) is 0. The smallest absolute Gasteiger partial charge is 0.0904 e. The van der Waals surface area contributed by atoms with Crippen LogP contribution in [0.5, 0.6) is 0 Å². The van der Waals surface area contributed by atoms with Crippen LogP contribution in [0.25, 0.3) is 0 Å². The SMILES string of the molecule is OC12CC3(CC1C1OC13)C2. The van der Waals surface area contributed by atoms with E-state index >= 15 is 0 Å². The Morgan fingerprint density at radius 2 is 2.20 bits per heavy atom. The Morgan fingerprint density at radius 1 is 1.40 bits per heavy atom. The highest BCUT2D eigenvalue weighted by Gasteiger charge is 2.83. The number of hydrogen-bond donors (Lipinski definition) is 1. The highest BCUT2D eigenvalue weighted by molar-refractivity contribution is 5.32. The Morgan fingerprint density at radius 3 is 2.70 bits per heavy atom. The van der Waals surface area contributed by atoms with Gasteiger partial charge in [-0.25, -0.2) is 0 Å². The fraction of sp³-hybridized carbons (Fsp3) is 1.00. The first-order valence-corrected chi connectivity index (χ1v) is 4.12. The van der Waals surface area contributed by atoms with Crippen molar-refractivity contribution < 1.29 is 9.84 Å². The van der Waals surface area contributed by atoms with Gasteiger partial charge in [0.25, 0.3) is 0 Å². The van der Waals surface area contributed by atoms with E-state index in [1.54, 1.807) is 0 Å². The summed E-state index contributed by atoms with van der Waals surface area (Å²) in [6.45, 7) is 0. The fourth-order valence-electron chi connectivity index (χ4n) is 3.86. The van der Waals surface area contributed by atoms with E-state index in [0.717, 1.165) is 12.8 Å². The maximum atomic E-state index is 9.86. The zero-order valence-corrected chi connectivity index (χ0v) is 5.71. The molecule has 3 unspecified atom stereocenters. The van der Waals surface area contributed by atoms with Gasteiger partial charge in [0.1, 0.15) is 0 Å². The van der Waals surface area contributed by atoms with Crippen LogP contribution in [0.15, 0.2) is 0 Å². The molecule has 2 heteroatoms. The molecule has 0 aromatic heterocycles. The molecule has 54 valence electrons. The number of epoxide rings is 1. The molecule has 4 saturated carbocycles. The molecule has 4 aliphatic carbocycles. The minimum atomic E-state index is -0.266. The van der Waals surface area contributed by atoms with Crippen molar-refractivity contribution in [1.29, 1.82) is 0 Å². The van der Waals surface area contributed by atoms with Gasteiger partial charge in [-0.3, -0.25) is 0 Å². The summed E-state index contributed by atoms with van der Waals surface area (Å²) in [5.41, 5.74) is 0.210. The molecule has 0 aromatic carbocycles. The molecule has 1 heterocycles. The van der Waals surface area contributed by atoms with Crippen LogP contribution in [0, 0.1) is 11.3 Å². The Kier molecular flexibility index (Phi) is 0.426. The lowest BCUT2D eigenvalue weighted by Gasteiger charge is -2.46. The molecule has 5 rings (SSSR count). The van der Waals surface area contributed by atoms with Crippen molar-refractivity contribution in [2.75, 3.05) is 0 Å². The summed E-state index contributed by atoms with van der Waals surface area (Å²) >= 11 is 0. The van der Waals surface area contributed by atoms with Gasteiger partial charge in [-0.1, -0.05) is 0 Å². The van der Waals surface area contributed by atoms with Crippen molar-refractivity contribution in [2.24, 2.45) is 11.3 Å². The van der Waals surface area contributed by atoms with Gasteiger partial charge in [-0.2, -0.15) is 0 Å². The molecule has 0 aromatic rings. The molecule has 1 aliphatic heterocycles. The van der Waals surface area contributed by atoms with Crippen molar-refractivity contribution in [3.63, 3.8) is 0 Å². The van der Waals surface area contributed by atoms with E-state index in [-0.39, 0.29) is 5.60 Å². The van der Waals surface area contributed by atoms with E-state index in [9.17, 15) is 5.11 Å². The van der Waals surface area contributed by atoms with Crippen molar-refractivity contribution in [2.45, 2.75) is 37.1 Å². The molecule has 3 bridgehead atoms. The minimum absolute atomic E-state index is 0.266. The molecular weight excluding hydrogens is 128 g/mol. The van der Waals surface area contributed by atoms with Gasteiger partial charge in [0.05, 0.1) is 17.8 Å². The first kappa shape index (κ1) is 4.73. The average Bonchev–Trinajstić information content (AvgIpc) is 2.41. The number of fused-ring (bicyclic) bond motifs is 1. The van der Waals surface area contributed by atoms with Crippen LogP contribution < -0.4 is 0 Å². The number of aliphatic hydroxyl groups is 1. The van der Waals surface area contributed by atoms with Crippen LogP contribution in [0.2, 0.25) is 0 Å². The lowest BCUT2D eigenvalue weighted by molar-refractivity contribution is -0.103. The Hall–Kier alpha value is -0.0800. The van der Waals surface area contributed by atoms with Crippen LogP contribution >= 0.6 is 0 Å². The second kappa shape index (κ2) is 0.901. The summed E-state index contributed by atoms with van der Waals surface area (Å²) < 4.78 is 5.49. The van der Waals surface area contributed by atoms with Crippen LogP contribution in [-0.4, -0.2) is 22.9 Å². The Balaban J connectivity index is 1.96. The van der Waals surface area contributed by atoms with Gasteiger partial charge in [0.2, 0.25) is 0 Å². The third-order valence-corrected chi connectivity index (χ3v) is 4.16. The van der Waals surface area contributed by atoms with E-state index in [2.05, 4.69) is 0 Å². The molecule has 1 spiro atoms. The second-order valence-corrected chi connectivity index (χ2v) is 4.65. The zero-order chi connectivity index (χ0) is 6.56. The van der Waals surface area contributed by atoms with Crippen molar-refractivity contribution in [1.82, 2.24) is 0 Å². The molecule has 3 atom stereocenters. The van der Waals surface area contributed by atoms with E-state index in [1.165, 1.54) is 6.42 Å². The number of ether oxygens (including phenoxy) is 1. The Labute approximate surface area is 59.2 Å². The van der Waals surface area contributed by atoms with E-state index < -0.39 is 0 Å². The molecular formula is C8H10O2. The molecule has 2 nitrogen and oxygen atoms in total. The molecule has 1 N–H and O–H groups in total. The first-order chi connectivity index (χ1) is 4.74.